The molecule has 3 unspecified atom stereocenters. The molecule has 0 aliphatic rings. The molecule has 57 heavy (non-hydrogen) atoms. The molecule has 296 valence electrons. The summed E-state index contributed by atoms with van der Waals surface area (Å²) in [6, 6.07) is 50.3. The third-order valence-corrected chi connectivity index (χ3v) is 15.0. The summed E-state index contributed by atoms with van der Waals surface area (Å²) in [6.45, 7) is 12.4. The zero-order chi connectivity index (χ0) is 40.5. The minimum Gasteiger partial charge on any atom is -0.472 e. The SMILES string of the molecule is CCC(C)c1cccc(OP(=O)(Oc2ccccc2)c2ccc(C(C)(C)c3ccc(OP(=O)(Oc4ccccc4)C(CC)(CC)Oc4ccccc4)cc3)cc2)c1. The third kappa shape index (κ3) is 9.50. The van der Waals surface area contributed by atoms with Crippen LogP contribution in [0, 0.1) is 0 Å². The highest BCUT2D eigenvalue weighted by Gasteiger charge is 2.54. The van der Waals surface area contributed by atoms with Gasteiger partial charge in [-0.05, 0) is 115 Å². The monoisotopic (exact) mass is 802 g/mol. The normalized spacial score (nSPS) is 14.4. The van der Waals surface area contributed by atoms with Gasteiger partial charge in [-0.2, -0.15) is 0 Å². The van der Waals surface area contributed by atoms with Crippen molar-refractivity contribution in [2.24, 2.45) is 0 Å². The summed E-state index contributed by atoms with van der Waals surface area (Å²) in [5, 5.41) is -0.834. The second kappa shape index (κ2) is 17.9. The Labute approximate surface area is 338 Å². The molecule has 0 fully saturated rings. The Morgan fingerprint density at radius 2 is 0.947 bits per heavy atom. The van der Waals surface area contributed by atoms with Crippen LogP contribution >= 0.6 is 15.2 Å². The van der Waals surface area contributed by atoms with Crippen molar-refractivity contribution in [1.82, 2.24) is 0 Å². The van der Waals surface area contributed by atoms with Gasteiger partial charge in [-0.15, -0.1) is 0 Å². The Morgan fingerprint density at radius 3 is 1.46 bits per heavy atom. The molecule has 6 aromatic rings. The van der Waals surface area contributed by atoms with Gasteiger partial charge in [0, 0.05) is 5.41 Å². The number of rotatable bonds is 18. The van der Waals surface area contributed by atoms with E-state index in [0.717, 1.165) is 23.1 Å². The van der Waals surface area contributed by atoms with Crippen molar-refractivity contribution in [3.05, 3.63) is 180 Å². The van der Waals surface area contributed by atoms with Crippen LogP contribution < -0.4 is 28.1 Å². The Morgan fingerprint density at radius 1 is 0.509 bits per heavy atom. The van der Waals surface area contributed by atoms with E-state index < -0.39 is 25.9 Å². The Kier molecular flexibility index (Phi) is 13.0. The van der Waals surface area contributed by atoms with Gasteiger partial charge in [0.1, 0.15) is 28.7 Å². The fourth-order valence-electron chi connectivity index (χ4n) is 6.65. The minimum absolute atomic E-state index is 0.326. The van der Waals surface area contributed by atoms with Gasteiger partial charge in [0.15, 0.2) is 0 Å². The topological polar surface area (TPSA) is 80.3 Å². The first-order valence-electron chi connectivity index (χ1n) is 19.6. The maximum absolute atomic E-state index is 15.1. The highest BCUT2D eigenvalue weighted by atomic mass is 31.2. The quantitative estimate of drug-likeness (QED) is 0.0801. The van der Waals surface area contributed by atoms with Crippen LogP contribution in [0.25, 0.3) is 0 Å². The molecular weight excluding hydrogens is 750 g/mol. The van der Waals surface area contributed by atoms with E-state index in [4.69, 9.17) is 22.8 Å². The number of benzene rings is 6. The summed E-state index contributed by atoms with van der Waals surface area (Å²) in [5.74, 6) is 2.65. The first-order chi connectivity index (χ1) is 27.4. The molecule has 0 saturated heterocycles. The summed E-state index contributed by atoms with van der Waals surface area (Å²) in [4.78, 5) is 0. The Hall–Kier alpha value is -5.22. The molecule has 3 atom stereocenters. The molecule has 6 aromatic carbocycles. The van der Waals surface area contributed by atoms with Crippen molar-refractivity contribution in [1.29, 1.82) is 0 Å². The first kappa shape index (κ1) is 41.4. The maximum Gasteiger partial charge on any atom is 0.474 e. The van der Waals surface area contributed by atoms with Gasteiger partial charge in [-0.25, -0.2) is 9.13 Å². The Bertz CT molecular complexity index is 2270. The van der Waals surface area contributed by atoms with Gasteiger partial charge in [0.25, 0.3) is 0 Å². The predicted octanol–water partition coefficient (Wildman–Crippen LogP) is 13.7. The molecule has 0 aliphatic carbocycles. The number of para-hydroxylation sites is 3. The lowest BCUT2D eigenvalue weighted by atomic mass is 9.78. The average molecular weight is 803 g/mol. The van der Waals surface area contributed by atoms with Crippen molar-refractivity contribution < 1.29 is 32.0 Å². The first-order valence-corrected chi connectivity index (χ1v) is 22.7. The zero-order valence-electron chi connectivity index (χ0n) is 33.5. The van der Waals surface area contributed by atoms with Gasteiger partial charge < -0.3 is 22.8 Å². The van der Waals surface area contributed by atoms with Crippen LogP contribution in [0.2, 0.25) is 0 Å². The molecule has 0 radical (unpaired) electrons. The molecule has 7 nitrogen and oxygen atoms in total. The largest absolute Gasteiger partial charge is 0.474 e. The molecule has 0 heterocycles. The highest BCUT2D eigenvalue weighted by molar-refractivity contribution is 7.63. The average Bonchev–Trinajstić information content (AvgIpc) is 3.24. The highest BCUT2D eigenvalue weighted by Crippen LogP contribution is 2.62. The lowest BCUT2D eigenvalue weighted by Crippen LogP contribution is -2.38. The lowest BCUT2D eigenvalue weighted by molar-refractivity contribution is 0.113. The third-order valence-electron chi connectivity index (χ3n) is 10.6. The van der Waals surface area contributed by atoms with E-state index in [9.17, 15) is 4.57 Å². The molecule has 0 aromatic heterocycles. The van der Waals surface area contributed by atoms with Crippen LogP contribution in [0.4, 0.5) is 0 Å². The fraction of sp³-hybridized carbons (Fsp3) is 0.250. The van der Waals surface area contributed by atoms with Gasteiger partial charge in [0.05, 0.1) is 5.30 Å². The molecule has 0 N–H and O–H groups in total. The van der Waals surface area contributed by atoms with Crippen LogP contribution in [0.15, 0.2) is 164 Å². The van der Waals surface area contributed by atoms with Gasteiger partial charge in [-0.3, -0.25) is 0 Å². The molecule has 6 rings (SSSR count). The van der Waals surface area contributed by atoms with E-state index >= 15 is 4.57 Å². The van der Waals surface area contributed by atoms with Crippen molar-refractivity contribution in [3.8, 4) is 28.7 Å². The van der Waals surface area contributed by atoms with E-state index in [-0.39, 0.29) is 0 Å². The van der Waals surface area contributed by atoms with Gasteiger partial charge in [0.2, 0.25) is 5.34 Å². The molecule has 0 bridgehead atoms. The number of ether oxygens (including phenoxy) is 1. The van der Waals surface area contributed by atoms with Gasteiger partial charge >= 0.3 is 15.2 Å². The lowest BCUT2D eigenvalue weighted by Gasteiger charge is -2.37. The second-order valence-corrected chi connectivity index (χ2v) is 18.7. The summed E-state index contributed by atoms with van der Waals surface area (Å²) < 4.78 is 61.5. The van der Waals surface area contributed by atoms with Crippen molar-refractivity contribution in [2.45, 2.75) is 77.5 Å². The van der Waals surface area contributed by atoms with Crippen LogP contribution in [-0.4, -0.2) is 5.34 Å². The molecular formula is C48H52O7P2. The van der Waals surface area contributed by atoms with E-state index in [1.165, 1.54) is 0 Å². The Balaban J connectivity index is 1.27. The predicted molar refractivity (Wildman–Crippen MR) is 231 cm³/mol. The summed E-state index contributed by atoms with van der Waals surface area (Å²) in [6.07, 6.45) is 1.73. The molecule has 0 spiro atoms. The van der Waals surface area contributed by atoms with E-state index in [0.29, 0.717) is 52.8 Å². The maximum atomic E-state index is 15.1. The number of hydrogen-bond acceptors (Lipinski definition) is 7. The van der Waals surface area contributed by atoms with Gasteiger partial charge in [-0.1, -0.05) is 133 Å². The van der Waals surface area contributed by atoms with E-state index in [1.807, 2.05) is 147 Å². The van der Waals surface area contributed by atoms with E-state index in [1.54, 1.807) is 24.3 Å². The fourth-order valence-corrected chi connectivity index (χ4v) is 10.4. The van der Waals surface area contributed by atoms with Crippen LogP contribution in [0.1, 0.15) is 83.4 Å². The summed E-state index contributed by atoms with van der Waals surface area (Å²) >= 11 is 0. The molecule has 0 amide bonds. The standard InChI is InChI=1S/C48H52O7P2/c1-7-37(4)38-20-19-27-45(36-38)53-56(49,52-42-23-15-11-16-24-42)46-34-30-40(31-35-46)47(5,6)39-28-32-44(33-29-39)55-57(50,54-43-25-17-12-18-26-43)48(8-2,9-3)51-41-21-13-10-14-22-41/h10-37H,7-9H2,1-6H3. The molecule has 0 aliphatic heterocycles. The molecule has 9 heteroatoms. The summed E-state index contributed by atoms with van der Waals surface area (Å²) in [7, 11) is -7.92. The van der Waals surface area contributed by atoms with Crippen molar-refractivity contribution in [3.63, 3.8) is 0 Å². The summed E-state index contributed by atoms with van der Waals surface area (Å²) in [5.41, 5.74) is 2.59. The minimum atomic E-state index is -4.04. The van der Waals surface area contributed by atoms with Crippen LogP contribution in [-0.2, 0) is 14.5 Å². The zero-order valence-corrected chi connectivity index (χ0v) is 35.3. The van der Waals surface area contributed by atoms with Crippen molar-refractivity contribution >= 4 is 20.5 Å². The molecule has 0 saturated carbocycles. The van der Waals surface area contributed by atoms with Crippen LogP contribution in [0.5, 0.6) is 28.7 Å². The van der Waals surface area contributed by atoms with Crippen molar-refractivity contribution in [2.75, 3.05) is 0 Å². The van der Waals surface area contributed by atoms with E-state index in [2.05, 4.69) is 33.8 Å². The number of hydrogen-bond donors (Lipinski definition) is 0. The smallest absolute Gasteiger partial charge is 0.472 e. The van der Waals surface area contributed by atoms with Crippen LogP contribution in [0.3, 0.4) is 0 Å². The second-order valence-electron chi connectivity index (χ2n) is 14.6.